The van der Waals surface area contributed by atoms with Crippen LogP contribution in [0.25, 0.3) is 0 Å². The molecule has 1 rings (SSSR count). The van der Waals surface area contributed by atoms with E-state index in [4.69, 9.17) is 10.8 Å². The van der Waals surface area contributed by atoms with E-state index in [-0.39, 0.29) is 29.8 Å². The quantitative estimate of drug-likeness (QED) is 0.627. The van der Waals surface area contributed by atoms with Crippen molar-refractivity contribution < 1.29 is 14.7 Å². The Kier molecular flexibility index (Phi) is 6.61. The highest BCUT2D eigenvalue weighted by molar-refractivity contribution is 5.83. The first kappa shape index (κ1) is 17.9. The van der Waals surface area contributed by atoms with Crippen LogP contribution in [0.4, 0.5) is 0 Å². The van der Waals surface area contributed by atoms with E-state index in [0.29, 0.717) is 38.9 Å². The number of nitrogens with two attached hydrogens (primary N) is 1. The molecule has 0 aromatic rings. The third-order valence-electron chi connectivity index (χ3n) is 4.01. The third kappa shape index (κ3) is 5.28. The van der Waals surface area contributed by atoms with Crippen molar-refractivity contribution in [2.24, 2.45) is 17.1 Å². The Hall–Kier alpha value is -1.14. The van der Waals surface area contributed by atoms with Crippen LogP contribution in [0.15, 0.2) is 0 Å². The third-order valence-corrected chi connectivity index (χ3v) is 4.01. The summed E-state index contributed by atoms with van der Waals surface area (Å²) in [4.78, 5) is 26.0. The first-order chi connectivity index (χ1) is 9.77. The average Bonchev–Trinajstić information content (AvgIpc) is 2.45. The van der Waals surface area contributed by atoms with E-state index < -0.39 is 6.04 Å². The summed E-state index contributed by atoms with van der Waals surface area (Å²) in [6, 6.07) is -0.507. The van der Waals surface area contributed by atoms with Gasteiger partial charge in [0.1, 0.15) is 0 Å². The van der Waals surface area contributed by atoms with Crippen LogP contribution in [0.1, 0.15) is 40.0 Å². The molecule has 0 aromatic heterocycles. The number of nitrogens with zero attached hydrogens (tertiary/aromatic N) is 1. The van der Waals surface area contributed by atoms with Crippen molar-refractivity contribution in [3.05, 3.63) is 0 Å². The Morgan fingerprint density at radius 3 is 2.38 bits per heavy atom. The van der Waals surface area contributed by atoms with E-state index >= 15 is 0 Å². The molecule has 0 aromatic carbocycles. The van der Waals surface area contributed by atoms with E-state index in [9.17, 15) is 9.59 Å². The number of nitrogens with one attached hydrogen (secondary N) is 1. The maximum atomic E-state index is 12.3. The monoisotopic (exact) mass is 299 g/mol. The van der Waals surface area contributed by atoms with Gasteiger partial charge in [0.15, 0.2) is 0 Å². The SMILES string of the molecule is CC(C)(C)C(N)C(=O)N1CCC(C(=O)NCCCO)CC1. The van der Waals surface area contributed by atoms with E-state index in [1.165, 1.54) is 0 Å². The lowest BCUT2D eigenvalue weighted by Gasteiger charge is -2.36. The van der Waals surface area contributed by atoms with Crippen LogP contribution in [0.3, 0.4) is 0 Å². The minimum atomic E-state index is -0.507. The van der Waals surface area contributed by atoms with Crippen LogP contribution >= 0.6 is 0 Å². The van der Waals surface area contributed by atoms with Gasteiger partial charge in [-0.3, -0.25) is 9.59 Å². The van der Waals surface area contributed by atoms with Gasteiger partial charge in [0.2, 0.25) is 11.8 Å². The molecule has 2 amide bonds. The summed E-state index contributed by atoms with van der Waals surface area (Å²) in [5.41, 5.74) is 5.75. The molecule has 4 N–H and O–H groups in total. The van der Waals surface area contributed by atoms with Gasteiger partial charge < -0.3 is 21.1 Å². The molecule has 1 aliphatic heterocycles. The van der Waals surface area contributed by atoms with Crippen LogP contribution in [0, 0.1) is 11.3 Å². The molecule has 1 unspecified atom stereocenters. The number of hydrogen-bond acceptors (Lipinski definition) is 4. The first-order valence-corrected chi connectivity index (χ1v) is 7.70. The van der Waals surface area contributed by atoms with Gasteiger partial charge in [-0.15, -0.1) is 0 Å². The molecule has 0 saturated carbocycles. The number of hydrogen-bond donors (Lipinski definition) is 3. The summed E-state index contributed by atoms with van der Waals surface area (Å²) < 4.78 is 0. The van der Waals surface area contributed by atoms with Crippen LogP contribution in [0.5, 0.6) is 0 Å². The molecule has 1 atom stereocenters. The first-order valence-electron chi connectivity index (χ1n) is 7.70. The fourth-order valence-electron chi connectivity index (χ4n) is 2.36. The van der Waals surface area contributed by atoms with Crippen molar-refractivity contribution in [1.82, 2.24) is 10.2 Å². The summed E-state index contributed by atoms with van der Waals surface area (Å²) in [5.74, 6) is -0.0455. The smallest absolute Gasteiger partial charge is 0.240 e. The predicted molar refractivity (Wildman–Crippen MR) is 81.4 cm³/mol. The van der Waals surface area contributed by atoms with Gasteiger partial charge in [-0.1, -0.05) is 20.8 Å². The molecule has 0 spiro atoms. The van der Waals surface area contributed by atoms with Crippen molar-refractivity contribution in [3.8, 4) is 0 Å². The Labute approximate surface area is 127 Å². The van der Waals surface area contributed by atoms with Crippen molar-refractivity contribution in [1.29, 1.82) is 0 Å². The number of aliphatic hydroxyl groups is 1. The molecule has 1 fully saturated rings. The van der Waals surface area contributed by atoms with Gasteiger partial charge in [0.05, 0.1) is 6.04 Å². The van der Waals surface area contributed by atoms with Crippen molar-refractivity contribution in [2.75, 3.05) is 26.2 Å². The summed E-state index contributed by atoms with van der Waals surface area (Å²) in [7, 11) is 0. The van der Waals surface area contributed by atoms with E-state index in [1.54, 1.807) is 4.90 Å². The van der Waals surface area contributed by atoms with Gasteiger partial charge in [0.25, 0.3) is 0 Å². The Morgan fingerprint density at radius 1 is 1.33 bits per heavy atom. The van der Waals surface area contributed by atoms with Crippen LogP contribution < -0.4 is 11.1 Å². The lowest BCUT2D eigenvalue weighted by Crippen LogP contribution is -2.53. The molecule has 1 heterocycles. The number of carbonyl (C=O) groups excluding carboxylic acids is 2. The largest absolute Gasteiger partial charge is 0.396 e. The number of amides is 2. The Balaban J connectivity index is 2.41. The van der Waals surface area contributed by atoms with Gasteiger partial charge in [-0.2, -0.15) is 0 Å². The number of carbonyl (C=O) groups is 2. The highest BCUT2D eigenvalue weighted by atomic mass is 16.3. The fourth-order valence-corrected chi connectivity index (χ4v) is 2.36. The highest BCUT2D eigenvalue weighted by Crippen LogP contribution is 2.23. The van der Waals surface area contributed by atoms with Crippen LogP contribution in [-0.4, -0.2) is 54.1 Å². The highest BCUT2D eigenvalue weighted by Gasteiger charge is 2.34. The van der Waals surface area contributed by atoms with E-state index in [2.05, 4.69) is 5.32 Å². The predicted octanol–water partition coefficient (Wildman–Crippen LogP) is 0.0970. The topological polar surface area (TPSA) is 95.7 Å². The molecular weight excluding hydrogens is 270 g/mol. The van der Waals surface area contributed by atoms with Gasteiger partial charge in [0, 0.05) is 32.2 Å². The summed E-state index contributed by atoms with van der Waals surface area (Å²) in [5, 5.41) is 11.5. The van der Waals surface area contributed by atoms with E-state index in [0.717, 1.165) is 0 Å². The maximum absolute atomic E-state index is 12.3. The maximum Gasteiger partial charge on any atom is 0.240 e. The molecule has 0 aliphatic carbocycles. The minimum absolute atomic E-state index is 0.0238. The second-order valence-corrected chi connectivity index (χ2v) is 6.81. The molecule has 6 nitrogen and oxygen atoms in total. The zero-order chi connectivity index (χ0) is 16.0. The van der Waals surface area contributed by atoms with Gasteiger partial charge >= 0.3 is 0 Å². The fraction of sp³-hybridized carbons (Fsp3) is 0.867. The zero-order valence-electron chi connectivity index (χ0n) is 13.4. The molecule has 122 valence electrons. The van der Waals surface area contributed by atoms with Crippen molar-refractivity contribution >= 4 is 11.8 Å². The Morgan fingerprint density at radius 2 is 1.90 bits per heavy atom. The molecule has 0 bridgehead atoms. The standard InChI is InChI=1S/C15H29N3O3/c1-15(2,3)12(16)14(21)18-8-5-11(6-9-18)13(20)17-7-4-10-19/h11-12,19H,4-10,16H2,1-3H3,(H,17,20). The number of rotatable bonds is 5. The molecule has 1 saturated heterocycles. The summed E-state index contributed by atoms with van der Waals surface area (Å²) >= 11 is 0. The molecule has 1 aliphatic rings. The molecule has 6 heteroatoms. The van der Waals surface area contributed by atoms with Crippen LogP contribution in [-0.2, 0) is 9.59 Å². The average molecular weight is 299 g/mol. The molecule has 0 radical (unpaired) electrons. The second kappa shape index (κ2) is 7.75. The molecular formula is C15H29N3O3. The summed E-state index contributed by atoms with van der Waals surface area (Å²) in [6.07, 6.45) is 1.92. The van der Waals surface area contributed by atoms with Crippen LogP contribution in [0.2, 0.25) is 0 Å². The van der Waals surface area contributed by atoms with Crippen molar-refractivity contribution in [3.63, 3.8) is 0 Å². The minimum Gasteiger partial charge on any atom is -0.396 e. The number of likely N-dealkylation sites (tertiary alicyclic amines) is 1. The molecule has 21 heavy (non-hydrogen) atoms. The Bertz CT molecular complexity index is 358. The lowest BCUT2D eigenvalue weighted by atomic mass is 9.86. The lowest BCUT2D eigenvalue weighted by molar-refractivity contribution is -0.138. The van der Waals surface area contributed by atoms with E-state index in [1.807, 2.05) is 20.8 Å². The van der Waals surface area contributed by atoms with Gasteiger partial charge in [-0.05, 0) is 24.7 Å². The number of piperidine rings is 1. The second-order valence-electron chi connectivity index (χ2n) is 6.81. The van der Waals surface area contributed by atoms with Crippen molar-refractivity contribution in [2.45, 2.75) is 46.1 Å². The summed E-state index contributed by atoms with van der Waals surface area (Å²) in [6.45, 7) is 7.62. The van der Waals surface area contributed by atoms with Gasteiger partial charge in [-0.25, -0.2) is 0 Å². The number of aliphatic hydroxyl groups excluding tert-OH is 1. The zero-order valence-corrected chi connectivity index (χ0v) is 13.4. The normalized spacial score (nSPS) is 18.4.